The summed E-state index contributed by atoms with van der Waals surface area (Å²) < 4.78 is 0. The van der Waals surface area contributed by atoms with Crippen LogP contribution in [-0.2, 0) is 0 Å². The van der Waals surface area contributed by atoms with Crippen LogP contribution in [0.15, 0.2) is 18.2 Å². The van der Waals surface area contributed by atoms with E-state index in [9.17, 15) is 4.79 Å². The van der Waals surface area contributed by atoms with Gasteiger partial charge in [0.15, 0.2) is 0 Å². The first-order chi connectivity index (χ1) is 9.04. The predicted molar refractivity (Wildman–Crippen MR) is 78.8 cm³/mol. The van der Waals surface area contributed by atoms with E-state index in [0.717, 1.165) is 25.7 Å². The van der Waals surface area contributed by atoms with Crippen molar-refractivity contribution < 1.29 is 4.79 Å². The average molecular weight is 302 g/mol. The lowest BCUT2D eigenvalue weighted by molar-refractivity contribution is 0.242. The van der Waals surface area contributed by atoms with Crippen molar-refractivity contribution in [1.82, 2.24) is 5.32 Å². The number of anilines is 1. The highest BCUT2D eigenvalue weighted by atomic mass is 35.5. The topological polar surface area (TPSA) is 67.1 Å². The van der Waals surface area contributed by atoms with Crippen LogP contribution in [0.1, 0.15) is 25.7 Å². The molecule has 0 aromatic heterocycles. The molecule has 6 heteroatoms. The first-order valence-electron chi connectivity index (χ1n) is 6.33. The number of urea groups is 1. The summed E-state index contributed by atoms with van der Waals surface area (Å²) in [5, 5.41) is 6.63. The van der Waals surface area contributed by atoms with E-state index in [1.54, 1.807) is 18.2 Å². The Labute approximate surface area is 122 Å². The van der Waals surface area contributed by atoms with Crippen molar-refractivity contribution in [3.8, 4) is 0 Å². The van der Waals surface area contributed by atoms with Gasteiger partial charge in [0.05, 0.1) is 10.7 Å². The molecule has 2 amide bonds. The molecule has 0 heterocycles. The summed E-state index contributed by atoms with van der Waals surface area (Å²) in [4.78, 5) is 11.9. The molecule has 0 spiro atoms. The molecule has 0 saturated heterocycles. The highest BCUT2D eigenvalue weighted by Crippen LogP contribution is 2.25. The van der Waals surface area contributed by atoms with E-state index in [1.165, 1.54) is 0 Å². The normalized spacial score (nSPS) is 22.9. The lowest BCUT2D eigenvalue weighted by Crippen LogP contribution is -2.42. The van der Waals surface area contributed by atoms with Crippen molar-refractivity contribution in [1.29, 1.82) is 0 Å². The van der Waals surface area contributed by atoms with Crippen molar-refractivity contribution in [2.75, 3.05) is 5.32 Å². The van der Waals surface area contributed by atoms with Crippen LogP contribution in [0, 0.1) is 0 Å². The Balaban J connectivity index is 1.89. The number of halogens is 2. The summed E-state index contributed by atoms with van der Waals surface area (Å²) in [6.45, 7) is 0. The van der Waals surface area contributed by atoms with Gasteiger partial charge in [0, 0.05) is 17.1 Å². The zero-order chi connectivity index (χ0) is 13.8. The summed E-state index contributed by atoms with van der Waals surface area (Å²) in [6.07, 6.45) is 3.72. The molecule has 1 saturated carbocycles. The Morgan fingerprint density at radius 2 is 1.89 bits per heavy atom. The van der Waals surface area contributed by atoms with Crippen LogP contribution in [0.5, 0.6) is 0 Å². The van der Waals surface area contributed by atoms with Gasteiger partial charge in [-0.05, 0) is 43.9 Å². The number of hydrogen-bond acceptors (Lipinski definition) is 2. The summed E-state index contributed by atoms with van der Waals surface area (Å²) >= 11 is 11.8. The summed E-state index contributed by atoms with van der Waals surface area (Å²) in [5.74, 6) is 0. The lowest BCUT2D eigenvalue weighted by atomic mass is 9.92. The van der Waals surface area contributed by atoms with Crippen LogP contribution in [0.25, 0.3) is 0 Å². The molecule has 2 rings (SSSR count). The predicted octanol–water partition coefficient (Wildman–Crippen LogP) is 3.38. The second-order valence-corrected chi connectivity index (χ2v) is 5.68. The molecular weight excluding hydrogens is 285 g/mol. The van der Waals surface area contributed by atoms with Crippen molar-refractivity contribution >= 4 is 34.9 Å². The Morgan fingerprint density at radius 1 is 1.21 bits per heavy atom. The molecule has 1 aliphatic carbocycles. The molecule has 0 aliphatic heterocycles. The van der Waals surface area contributed by atoms with E-state index >= 15 is 0 Å². The molecule has 1 fully saturated rings. The van der Waals surface area contributed by atoms with Crippen LogP contribution >= 0.6 is 23.2 Å². The minimum atomic E-state index is -0.260. The third-order valence-electron chi connectivity index (χ3n) is 3.28. The third kappa shape index (κ3) is 4.27. The van der Waals surface area contributed by atoms with Gasteiger partial charge in [-0.15, -0.1) is 0 Å². The number of benzene rings is 1. The third-order valence-corrected chi connectivity index (χ3v) is 3.85. The minimum absolute atomic E-state index is 0.178. The first-order valence-corrected chi connectivity index (χ1v) is 7.08. The Kier molecular flexibility index (Phi) is 4.91. The van der Waals surface area contributed by atoms with Gasteiger partial charge in [0.1, 0.15) is 0 Å². The summed E-state index contributed by atoms with van der Waals surface area (Å²) in [5.41, 5.74) is 6.34. The van der Waals surface area contributed by atoms with Crippen LogP contribution in [-0.4, -0.2) is 18.1 Å². The Hall–Kier alpha value is -0.970. The molecule has 1 aliphatic rings. The lowest BCUT2D eigenvalue weighted by Gasteiger charge is -2.26. The SMILES string of the molecule is NC1CCC(NC(=O)Nc2cc(Cl)ccc2Cl)CC1. The maximum atomic E-state index is 11.9. The Bertz CT molecular complexity index is 459. The highest BCUT2D eigenvalue weighted by molar-refractivity contribution is 6.35. The fourth-order valence-corrected chi connectivity index (χ4v) is 2.54. The second-order valence-electron chi connectivity index (χ2n) is 4.83. The fourth-order valence-electron chi connectivity index (χ4n) is 2.20. The molecule has 1 aromatic carbocycles. The van der Waals surface area contributed by atoms with Gasteiger partial charge in [-0.2, -0.15) is 0 Å². The summed E-state index contributed by atoms with van der Waals surface area (Å²) in [7, 11) is 0. The largest absolute Gasteiger partial charge is 0.335 e. The van der Waals surface area contributed by atoms with Gasteiger partial charge in [-0.25, -0.2) is 4.79 Å². The van der Waals surface area contributed by atoms with Gasteiger partial charge in [-0.1, -0.05) is 23.2 Å². The molecule has 4 nitrogen and oxygen atoms in total. The molecule has 0 radical (unpaired) electrons. The molecular formula is C13H17Cl2N3O. The molecule has 0 atom stereocenters. The maximum Gasteiger partial charge on any atom is 0.319 e. The zero-order valence-electron chi connectivity index (χ0n) is 10.5. The van der Waals surface area contributed by atoms with Crippen molar-refractivity contribution in [3.63, 3.8) is 0 Å². The van der Waals surface area contributed by atoms with Crippen LogP contribution in [0.4, 0.5) is 10.5 Å². The van der Waals surface area contributed by atoms with Crippen LogP contribution in [0.3, 0.4) is 0 Å². The first kappa shape index (κ1) is 14.4. The maximum absolute atomic E-state index is 11.9. The fraction of sp³-hybridized carbons (Fsp3) is 0.462. The van der Waals surface area contributed by atoms with Crippen molar-refractivity contribution in [2.45, 2.75) is 37.8 Å². The van der Waals surface area contributed by atoms with Crippen molar-refractivity contribution in [3.05, 3.63) is 28.2 Å². The molecule has 0 unspecified atom stereocenters. The minimum Gasteiger partial charge on any atom is -0.335 e. The Morgan fingerprint density at radius 3 is 2.58 bits per heavy atom. The van der Waals surface area contributed by atoms with Crippen molar-refractivity contribution in [2.24, 2.45) is 5.73 Å². The molecule has 4 N–H and O–H groups in total. The van der Waals surface area contributed by atoms with E-state index in [2.05, 4.69) is 10.6 Å². The zero-order valence-corrected chi connectivity index (χ0v) is 12.0. The summed E-state index contributed by atoms with van der Waals surface area (Å²) in [6, 6.07) is 5.14. The number of amides is 2. The molecule has 19 heavy (non-hydrogen) atoms. The monoisotopic (exact) mass is 301 g/mol. The standard InChI is InChI=1S/C13H17Cl2N3O/c14-8-1-6-11(15)12(7-8)18-13(19)17-10-4-2-9(16)3-5-10/h1,6-7,9-10H,2-5,16H2,(H2,17,18,19). The van der Waals surface area contributed by atoms with Gasteiger partial charge in [0.2, 0.25) is 0 Å². The van der Waals surface area contributed by atoms with Gasteiger partial charge in [-0.3, -0.25) is 0 Å². The quantitative estimate of drug-likeness (QED) is 0.784. The van der Waals surface area contributed by atoms with E-state index < -0.39 is 0 Å². The van der Waals surface area contributed by atoms with Crippen LogP contribution in [0.2, 0.25) is 10.0 Å². The molecule has 1 aromatic rings. The number of carbonyl (C=O) groups excluding carboxylic acids is 1. The molecule has 104 valence electrons. The highest BCUT2D eigenvalue weighted by Gasteiger charge is 2.20. The average Bonchev–Trinajstić information content (AvgIpc) is 2.37. The van der Waals surface area contributed by atoms with Gasteiger partial charge >= 0.3 is 6.03 Å². The van der Waals surface area contributed by atoms with E-state index in [1.807, 2.05) is 0 Å². The number of hydrogen-bond donors (Lipinski definition) is 3. The number of nitrogens with two attached hydrogens (primary N) is 1. The molecule has 0 bridgehead atoms. The van der Waals surface area contributed by atoms with E-state index in [0.29, 0.717) is 15.7 Å². The number of rotatable bonds is 2. The van der Waals surface area contributed by atoms with Crippen LogP contribution < -0.4 is 16.4 Å². The van der Waals surface area contributed by atoms with E-state index in [4.69, 9.17) is 28.9 Å². The van der Waals surface area contributed by atoms with E-state index in [-0.39, 0.29) is 18.1 Å². The van der Waals surface area contributed by atoms with Gasteiger partial charge in [0.25, 0.3) is 0 Å². The van der Waals surface area contributed by atoms with Gasteiger partial charge < -0.3 is 16.4 Å². The number of carbonyl (C=O) groups is 1. The smallest absolute Gasteiger partial charge is 0.319 e. The second kappa shape index (κ2) is 6.46. The number of nitrogens with one attached hydrogen (secondary N) is 2.